The van der Waals surface area contributed by atoms with Gasteiger partial charge in [-0.2, -0.15) is 0 Å². The number of aromatic nitrogens is 1. The van der Waals surface area contributed by atoms with E-state index in [1.54, 1.807) is 30.3 Å². The monoisotopic (exact) mass is 337 g/mol. The van der Waals surface area contributed by atoms with Gasteiger partial charge >= 0.3 is 0 Å². The SMILES string of the molecule is Cc1ccc(S(=O)(=O)n2cc(Cl)cc2C2=CCOCC2)cc1. The predicted octanol–water partition coefficient (Wildman–Crippen LogP) is 3.49. The van der Waals surface area contributed by atoms with Crippen molar-refractivity contribution in [3.63, 3.8) is 0 Å². The summed E-state index contributed by atoms with van der Waals surface area (Å²) in [6, 6.07) is 8.47. The van der Waals surface area contributed by atoms with E-state index in [2.05, 4.69) is 0 Å². The second-order valence-corrected chi connectivity index (χ2v) is 7.46. The summed E-state index contributed by atoms with van der Waals surface area (Å²) in [5, 5.41) is 0.401. The van der Waals surface area contributed by atoms with Gasteiger partial charge in [0.25, 0.3) is 10.0 Å². The highest BCUT2D eigenvalue weighted by Crippen LogP contribution is 2.29. The molecule has 0 saturated carbocycles. The maximum atomic E-state index is 12.9. The van der Waals surface area contributed by atoms with Crippen LogP contribution in [0, 0.1) is 6.92 Å². The normalized spacial score (nSPS) is 15.6. The van der Waals surface area contributed by atoms with Crippen LogP contribution in [0.5, 0.6) is 0 Å². The second kappa shape index (κ2) is 5.91. The van der Waals surface area contributed by atoms with Crippen molar-refractivity contribution in [3.05, 3.63) is 58.9 Å². The molecule has 0 bridgehead atoms. The molecule has 0 aliphatic carbocycles. The quantitative estimate of drug-likeness (QED) is 0.861. The minimum Gasteiger partial charge on any atom is -0.377 e. The molecule has 0 fully saturated rings. The average molecular weight is 338 g/mol. The maximum absolute atomic E-state index is 12.9. The number of halogens is 1. The summed E-state index contributed by atoms with van der Waals surface area (Å²) < 4.78 is 32.3. The summed E-state index contributed by atoms with van der Waals surface area (Å²) in [6.07, 6.45) is 4.02. The van der Waals surface area contributed by atoms with Crippen LogP contribution in [0.4, 0.5) is 0 Å². The van der Waals surface area contributed by atoms with Gasteiger partial charge in [0.1, 0.15) is 0 Å². The van der Waals surface area contributed by atoms with E-state index in [1.807, 2.05) is 13.0 Å². The lowest BCUT2D eigenvalue weighted by molar-refractivity contribution is 0.161. The van der Waals surface area contributed by atoms with E-state index in [9.17, 15) is 8.42 Å². The van der Waals surface area contributed by atoms with E-state index < -0.39 is 10.0 Å². The summed E-state index contributed by atoms with van der Waals surface area (Å²) in [6.45, 7) is 2.99. The third-order valence-electron chi connectivity index (χ3n) is 3.62. The van der Waals surface area contributed by atoms with Gasteiger partial charge in [0, 0.05) is 6.20 Å². The summed E-state index contributed by atoms with van der Waals surface area (Å²) in [5.74, 6) is 0. The molecule has 0 atom stereocenters. The first kappa shape index (κ1) is 15.3. The molecule has 6 heteroatoms. The molecule has 0 spiro atoms. The average Bonchev–Trinajstić information content (AvgIpc) is 2.91. The number of benzene rings is 1. The molecular formula is C16H16ClNO3S. The first-order valence-electron chi connectivity index (χ1n) is 6.96. The molecule has 0 unspecified atom stereocenters. The van der Waals surface area contributed by atoms with Gasteiger partial charge in [0.2, 0.25) is 0 Å². The van der Waals surface area contributed by atoms with Crippen molar-refractivity contribution in [2.24, 2.45) is 0 Å². The summed E-state index contributed by atoms with van der Waals surface area (Å²) >= 11 is 6.06. The lowest BCUT2D eigenvalue weighted by atomic mass is 10.1. The molecule has 116 valence electrons. The molecule has 1 aromatic carbocycles. The van der Waals surface area contributed by atoms with Gasteiger partial charge in [-0.25, -0.2) is 12.4 Å². The van der Waals surface area contributed by atoms with E-state index in [4.69, 9.17) is 16.3 Å². The highest BCUT2D eigenvalue weighted by molar-refractivity contribution is 7.90. The molecule has 2 heterocycles. The van der Waals surface area contributed by atoms with Gasteiger partial charge in [-0.05, 0) is 37.1 Å². The Kier molecular flexibility index (Phi) is 4.12. The predicted molar refractivity (Wildman–Crippen MR) is 86.6 cm³/mol. The molecule has 3 rings (SSSR count). The zero-order valence-electron chi connectivity index (χ0n) is 12.1. The fraction of sp³-hybridized carbons (Fsp3) is 0.250. The minimum absolute atomic E-state index is 0.249. The van der Waals surface area contributed by atoms with Crippen molar-refractivity contribution in [2.45, 2.75) is 18.2 Å². The first-order valence-corrected chi connectivity index (χ1v) is 8.77. The molecular weight excluding hydrogens is 322 g/mol. The number of hydrogen-bond acceptors (Lipinski definition) is 3. The largest absolute Gasteiger partial charge is 0.377 e. The smallest absolute Gasteiger partial charge is 0.268 e. The van der Waals surface area contributed by atoms with Crippen LogP contribution in [-0.4, -0.2) is 25.6 Å². The van der Waals surface area contributed by atoms with Crippen LogP contribution < -0.4 is 0 Å². The third-order valence-corrected chi connectivity index (χ3v) is 5.52. The topological polar surface area (TPSA) is 48.3 Å². The molecule has 0 radical (unpaired) electrons. The van der Waals surface area contributed by atoms with E-state index in [0.29, 0.717) is 30.4 Å². The van der Waals surface area contributed by atoms with Gasteiger partial charge in [0.05, 0.1) is 28.8 Å². The Morgan fingerprint density at radius 2 is 1.95 bits per heavy atom. The van der Waals surface area contributed by atoms with Gasteiger partial charge in [-0.1, -0.05) is 35.4 Å². The van der Waals surface area contributed by atoms with Crippen LogP contribution in [0.25, 0.3) is 5.57 Å². The lowest BCUT2D eigenvalue weighted by Crippen LogP contribution is -2.16. The second-order valence-electron chi connectivity index (χ2n) is 5.21. The van der Waals surface area contributed by atoms with Crippen molar-refractivity contribution in [1.82, 2.24) is 3.97 Å². The molecule has 0 amide bonds. The summed E-state index contributed by atoms with van der Waals surface area (Å²) in [7, 11) is -3.66. The Morgan fingerprint density at radius 1 is 1.23 bits per heavy atom. The Morgan fingerprint density at radius 3 is 2.59 bits per heavy atom. The standard InChI is InChI=1S/C16H16ClNO3S/c1-12-2-4-15(5-3-12)22(19,20)18-11-14(17)10-16(18)13-6-8-21-9-7-13/h2-6,10-11H,7-9H2,1H3. The number of nitrogens with zero attached hydrogens (tertiary/aromatic N) is 1. The minimum atomic E-state index is -3.66. The lowest BCUT2D eigenvalue weighted by Gasteiger charge is -2.16. The Hall–Kier alpha value is -1.56. The van der Waals surface area contributed by atoms with E-state index in [-0.39, 0.29) is 4.90 Å². The molecule has 1 aliphatic rings. The molecule has 4 nitrogen and oxygen atoms in total. The Balaban J connectivity index is 2.11. The molecule has 1 aliphatic heterocycles. The zero-order valence-corrected chi connectivity index (χ0v) is 13.7. The summed E-state index contributed by atoms with van der Waals surface area (Å²) in [4.78, 5) is 0.249. The molecule has 0 N–H and O–H groups in total. The van der Waals surface area contributed by atoms with Crippen LogP contribution in [0.15, 0.2) is 47.5 Å². The third kappa shape index (κ3) is 2.84. The van der Waals surface area contributed by atoms with E-state index >= 15 is 0 Å². The molecule has 0 saturated heterocycles. The van der Waals surface area contributed by atoms with E-state index in [0.717, 1.165) is 11.1 Å². The molecule has 1 aromatic heterocycles. The fourth-order valence-corrected chi connectivity index (χ4v) is 4.08. The van der Waals surface area contributed by atoms with Crippen molar-refractivity contribution < 1.29 is 13.2 Å². The van der Waals surface area contributed by atoms with Crippen molar-refractivity contribution >= 4 is 27.2 Å². The van der Waals surface area contributed by atoms with Crippen LogP contribution in [0.3, 0.4) is 0 Å². The number of ether oxygens (including phenoxy) is 1. The van der Waals surface area contributed by atoms with Gasteiger partial charge < -0.3 is 4.74 Å². The molecule has 2 aromatic rings. The van der Waals surface area contributed by atoms with Crippen molar-refractivity contribution in [2.75, 3.05) is 13.2 Å². The summed E-state index contributed by atoms with van der Waals surface area (Å²) in [5.41, 5.74) is 2.56. The van der Waals surface area contributed by atoms with Gasteiger partial charge in [-0.3, -0.25) is 0 Å². The van der Waals surface area contributed by atoms with Crippen LogP contribution >= 0.6 is 11.6 Å². The Labute approximate surface area is 135 Å². The fourth-order valence-electron chi connectivity index (χ4n) is 2.43. The van der Waals surface area contributed by atoms with Crippen molar-refractivity contribution in [1.29, 1.82) is 0 Å². The van der Waals surface area contributed by atoms with Gasteiger partial charge in [0.15, 0.2) is 0 Å². The maximum Gasteiger partial charge on any atom is 0.268 e. The number of rotatable bonds is 3. The Bertz CT molecular complexity index is 820. The highest BCUT2D eigenvalue weighted by atomic mass is 35.5. The van der Waals surface area contributed by atoms with E-state index in [1.165, 1.54) is 10.2 Å². The van der Waals surface area contributed by atoms with Crippen molar-refractivity contribution in [3.8, 4) is 0 Å². The zero-order chi connectivity index (χ0) is 15.7. The van der Waals surface area contributed by atoms with Crippen LogP contribution in [0.1, 0.15) is 17.7 Å². The highest BCUT2D eigenvalue weighted by Gasteiger charge is 2.23. The number of aryl methyl sites for hydroxylation is 1. The van der Waals surface area contributed by atoms with Crippen LogP contribution in [-0.2, 0) is 14.8 Å². The first-order chi connectivity index (χ1) is 10.5. The number of hydrogen-bond donors (Lipinski definition) is 0. The van der Waals surface area contributed by atoms with Gasteiger partial charge in [-0.15, -0.1) is 0 Å². The van der Waals surface area contributed by atoms with Crippen LogP contribution in [0.2, 0.25) is 5.02 Å². The molecule has 22 heavy (non-hydrogen) atoms.